The summed E-state index contributed by atoms with van der Waals surface area (Å²) >= 11 is 0. The summed E-state index contributed by atoms with van der Waals surface area (Å²) in [7, 11) is 0. The first kappa shape index (κ1) is 13.6. The van der Waals surface area contributed by atoms with Crippen LogP contribution in [0.4, 0.5) is 0 Å². The SMILES string of the molecule is O=C(NCc1ccc2c(c1)C(=O)NC2)c1ccc2cc[nH]c2c1. The van der Waals surface area contributed by atoms with E-state index in [4.69, 9.17) is 0 Å². The van der Waals surface area contributed by atoms with E-state index in [1.807, 2.05) is 48.7 Å². The lowest BCUT2D eigenvalue weighted by Gasteiger charge is -2.07. The molecular weight excluding hydrogens is 290 g/mol. The molecule has 114 valence electrons. The van der Waals surface area contributed by atoms with Crippen LogP contribution in [0.3, 0.4) is 0 Å². The lowest BCUT2D eigenvalue weighted by Crippen LogP contribution is -2.22. The van der Waals surface area contributed by atoms with E-state index in [2.05, 4.69) is 15.6 Å². The molecule has 0 fully saturated rings. The second-order valence-corrected chi connectivity index (χ2v) is 5.64. The van der Waals surface area contributed by atoms with Crippen molar-refractivity contribution in [2.24, 2.45) is 0 Å². The van der Waals surface area contributed by atoms with Crippen LogP contribution in [0.5, 0.6) is 0 Å². The van der Waals surface area contributed by atoms with Gasteiger partial charge in [-0.15, -0.1) is 0 Å². The van der Waals surface area contributed by atoms with E-state index in [-0.39, 0.29) is 11.8 Å². The number of carbonyl (C=O) groups excluding carboxylic acids is 2. The van der Waals surface area contributed by atoms with Crippen molar-refractivity contribution in [3.63, 3.8) is 0 Å². The molecule has 3 N–H and O–H groups in total. The molecule has 3 aromatic rings. The number of hydrogen-bond acceptors (Lipinski definition) is 2. The summed E-state index contributed by atoms with van der Waals surface area (Å²) in [6.45, 7) is 0.971. The van der Waals surface area contributed by atoms with Crippen molar-refractivity contribution >= 4 is 22.7 Å². The highest BCUT2D eigenvalue weighted by molar-refractivity contribution is 5.99. The maximum atomic E-state index is 12.3. The van der Waals surface area contributed by atoms with Gasteiger partial charge in [-0.2, -0.15) is 0 Å². The number of aromatic nitrogens is 1. The van der Waals surface area contributed by atoms with Gasteiger partial charge in [0.2, 0.25) is 0 Å². The van der Waals surface area contributed by atoms with Crippen molar-refractivity contribution < 1.29 is 9.59 Å². The highest BCUT2D eigenvalue weighted by atomic mass is 16.2. The predicted molar refractivity (Wildman–Crippen MR) is 87.1 cm³/mol. The van der Waals surface area contributed by atoms with Gasteiger partial charge in [0, 0.05) is 35.9 Å². The van der Waals surface area contributed by atoms with Crippen LogP contribution in [0.25, 0.3) is 10.9 Å². The fourth-order valence-electron chi connectivity index (χ4n) is 2.84. The average molecular weight is 305 g/mol. The predicted octanol–water partition coefficient (Wildman–Crippen LogP) is 2.34. The first-order chi connectivity index (χ1) is 11.2. The van der Waals surface area contributed by atoms with Crippen LogP contribution in [-0.2, 0) is 13.1 Å². The molecule has 2 amide bonds. The second kappa shape index (κ2) is 5.28. The van der Waals surface area contributed by atoms with Crippen LogP contribution in [0.2, 0.25) is 0 Å². The molecule has 1 aromatic heterocycles. The summed E-state index contributed by atoms with van der Waals surface area (Å²) in [5, 5.41) is 6.76. The molecule has 0 radical (unpaired) electrons. The number of fused-ring (bicyclic) bond motifs is 2. The Morgan fingerprint density at radius 1 is 1.13 bits per heavy atom. The van der Waals surface area contributed by atoms with Gasteiger partial charge in [0.25, 0.3) is 11.8 Å². The molecule has 5 heteroatoms. The van der Waals surface area contributed by atoms with Crippen LogP contribution in [0.1, 0.15) is 31.8 Å². The molecule has 2 heterocycles. The zero-order chi connectivity index (χ0) is 15.8. The maximum Gasteiger partial charge on any atom is 0.251 e. The molecule has 0 aliphatic carbocycles. The fourth-order valence-corrected chi connectivity index (χ4v) is 2.84. The fraction of sp³-hybridized carbons (Fsp3) is 0.111. The molecule has 1 aliphatic rings. The Balaban J connectivity index is 1.49. The Hall–Kier alpha value is -3.08. The summed E-state index contributed by atoms with van der Waals surface area (Å²) in [6.07, 6.45) is 1.85. The molecular formula is C18H15N3O2. The molecule has 4 rings (SSSR count). The Kier molecular flexibility index (Phi) is 3.12. The van der Waals surface area contributed by atoms with Crippen LogP contribution < -0.4 is 10.6 Å². The van der Waals surface area contributed by atoms with Gasteiger partial charge in [-0.1, -0.05) is 18.2 Å². The van der Waals surface area contributed by atoms with Gasteiger partial charge in [-0.25, -0.2) is 0 Å². The number of H-pyrrole nitrogens is 1. The van der Waals surface area contributed by atoms with Crippen molar-refractivity contribution in [3.8, 4) is 0 Å². The topological polar surface area (TPSA) is 74.0 Å². The van der Waals surface area contributed by atoms with Gasteiger partial charge < -0.3 is 15.6 Å². The Labute approximate surface area is 132 Å². The van der Waals surface area contributed by atoms with Crippen molar-refractivity contribution in [1.29, 1.82) is 0 Å². The minimum atomic E-state index is -0.133. The quantitative estimate of drug-likeness (QED) is 0.695. The third-order valence-electron chi connectivity index (χ3n) is 4.13. The molecule has 5 nitrogen and oxygen atoms in total. The lowest BCUT2D eigenvalue weighted by atomic mass is 10.1. The van der Waals surface area contributed by atoms with E-state index in [1.165, 1.54) is 0 Å². The first-order valence-electron chi connectivity index (χ1n) is 7.46. The van der Waals surface area contributed by atoms with Gasteiger partial charge in [0.1, 0.15) is 0 Å². The van der Waals surface area contributed by atoms with E-state index < -0.39 is 0 Å². The molecule has 1 aliphatic heterocycles. The number of nitrogens with one attached hydrogen (secondary N) is 3. The molecule has 0 unspecified atom stereocenters. The van der Waals surface area contributed by atoms with Gasteiger partial charge in [0.05, 0.1) is 0 Å². The van der Waals surface area contributed by atoms with Crippen LogP contribution >= 0.6 is 0 Å². The number of carbonyl (C=O) groups is 2. The average Bonchev–Trinajstić information content (AvgIpc) is 3.18. The molecule has 0 atom stereocenters. The zero-order valence-electron chi connectivity index (χ0n) is 12.3. The Bertz CT molecular complexity index is 927. The number of aromatic amines is 1. The van der Waals surface area contributed by atoms with E-state index in [0.29, 0.717) is 24.2 Å². The summed E-state index contributed by atoms with van der Waals surface area (Å²) in [4.78, 5) is 27.0. The van der Waals surface area contributed by atoms with Crippen molar-refractivity contribution in [1.82, 2.24) is 15.6 Å². The third-order valence-corrected chi connectivity index (χ3v) is 4.13. The summed E-state index contributed by atoms with van der Waals surface area (Å²) in [5.41, 5.74) is 4.16. The number of benzene rings is 2. The first-order valence-corrected chi connectivity index (χ1v) is 7.46. The summed E-state index contributed by atoms with van der Waals surface area (Å²) in [6, 6.07) is 13.2. The van der Waals surface area contributed by atoms with Gasteiger partial charge >= 0.3 is 0 Å². The normalized spacial score (nSPS) is 13.0. The molecule has 0 bridgehead atoms. The van der Waals surface area contributed by atoms with Crippen LogP contribution in [-0.4, -0.2) is 16.8 Å². The van der Waals surface area contributed by atoms with E-state index in [9.17, 15) is 9.59 Å². The van der Waals surface area contributed by atoms with Crippen LogP contribution in [0.15, 0.2) is 48.7 Å². The summed E-state index contributed by atoms with van der Waals surface area (Å²) in [5.74, 6) is -0.183. The highest BCUT2D eigenvalue weighted by Crippen LogP contribution is 2.17. The Morgan fingerprint density at radius 2 is 2.04 bits per heavy atom. The number of amides is 2. The Morgan fingerprint density at radius 3 is 2.96 bits per heavy atom. The molecule has 0 saturated carbocycles. The molecule has 23 heavy (non-hydrogen) atoms. The minimum absolute atomic E-state index is 0.0506. The van der Waals surface area contributed by atoms with Crippen LogP contribution in [0, 0.1) is 0 Å². The van der Waals surface area contributed by atoms with E-state index in [1.54, 1.807) is 0 Å². The summed E-state index contributed by atoms with van der Waals surface area (Å²) < 4.78 is 0. The third kappa shape index (κ3) is 2.46. The minimum Gasteiger partial charge on any atom is -0.361 e. The van der Waals surface area contributed by atoms with Crippen molar-refractivity contribution in [2.75, 3.05) is 0 Å². The van der Waals surface area contributed by atoms with E-state index in [0.717, 1.165) is 22.0 Å². The smallest absolute Gasteiger partial charge is 0.251 e. The molecule has 2 aromatic carbocycles. The zero-order valence-corrected chi connectivity index (χ0v) is 12.3. The lowest BCUT2D eigenvalue weighted by molar-refractivity contribution is 0.0949. The highest BCUT2D eigenvalue weighted by Gasteiger charge is 2.18. The standard InChI is InChI=1S/C18H15N3O2/c22-17(13-4-3-12-5-6-19-16(12)8-13)20-9-11-1-2-14-10-21-18(23)15(14)7-11/h1-8,19H,9-10H2,(H,20,22)(H,21,23). The largest absolute Gasteiger partial charge is 0.361 e. The second-order valence-electron chi connectivity index (χ2n) is 5.64. The maximum absolute atomic E-state index is 12.3. The molecule has 0 spiro atoms. The molecule has 0 saturated heterocycles. The van der Waals surface area contributed by atoms with Gasteiger partial charge in [-0.05, 0) is 40.8 Å². The number of rotatable bonds is 3. The van der Waals surface area contributed by atoms with E-state index >= 15 is 0 Å². The van der Waals surface area contributed by atoms with Crippen molar-refractivity contribution in [3.05, 3.63) is 70.9 Å². The monoisotopic (exact) mass is 305 g/mol. The van der Waals surface area contributed by atoms with Gasteiger partial charge in [-0.3, -0.25) is 9.59 Å². The van der Waals surface area contributed by atoms with Crippen molar-refractivity contribution in [2.45, 2.75) is 13.1 Å². The van der Waals surface area contributed by atoms with Gasteiger partial charge in [0.15, 0.2) is 0 Å². The number of hydrogen-bond donors (Lipinski definition) is 3.